The van der Waals surface area contributed by atoms with Gasteiger partial charge in [-0.25, -0.2) is 0 Å². The lowest BCUT2D eigenvalue weighted by atomic mass is 9.92. The third-order valence-electron chi connectivity index (χ3n) is 30.4. The van der Waals surface area contributed by atoms with Crippen LogP contribution in [0.25, 0.3) is 265 Å². The molecule has 0 aliphatic carbocycles. The lowest BCUT2D eigenvalue weighted by molar-refractivity contribution is 1.17. The van der Waals surface area contributed by atoms with E-state index in [4.69, 9.17) is 0 Å². The molecular formula is C144H96N6. The van der Waals surface area contributed by atoms with Crippen LogP contribution in [0.15, 0.2) is 582 Å². The predicted octanol–water partition coefficient (Wildman–Crippen LogP) is 38.6. The molecule has 0 N–H and O–H groups in total. The summed E-state index contributed by atoms with van der Waals surface area (Å²) in [5.41, 5.74) is 42.9. The Morgan fingerprint density at radius 1 is 0.100 bits per heavy atom. The summed E-state index contributed by atoms with van der Waals surface area (Å²) in [5.74, 6) is 0. The second-order valence-corrected chi connectivity index (χ2v) is 38.7. The lowest BCUT2D eigenvalue weighted by Gasteiger charge is -2.19. The number of benzene rings is 24. The molecule has 0 saturated carbocycles. The van der Waals surface area contributed by atoms with E-state index in [-0.39, 0.29) is 0 Å². The molecule has 0 amide bonds. The number of para-hydroxylation sites is 14. The fourth-order valence-electron chi connectivity index (χ4n) is 23.9. The van der Waals surface area contributed by atoms with Gasteiger partial charge in [-0.3, -0.25) is 0 Å². The molecule has 6 nitrogen and oxygen atoms in total. The van der Waals surface area contributed by atoms with E-state index >= 15 is 0 Å². The first kappa shape index (κ1) is 87.8. The van der Waals surface area contributed by atoms with Crippen molar-refractivity contribution in [2.24, 2.45) is 0 Å². The van der Waals surface area contributed by atoms with Crippen LogP contribution >= 0.6 is 0 Å². The summed E-state index contributed by atoms with van der Waals surface area (Å²) in [6, 6.07) is 211. The van der Waals surface area contributed by atoms with Crippen LogP contribution in [0.5, 0.6) is 0 Å². The Balaban J connectivity index is 0.000000108. The summed E-state index contributed by atoms with van der Waals surface area (Å²) in [6.45, 7) is 0. The molecule has 0 radical (unpaired) electrons. The highest BCUT2D eigenvalue weighted by atomic mass is 15.0. The zero-order valence-corrected chi connectivity index (χ0v) is 82.1. The zero-order chi connectivity index (χ0) is 99.1. The molecule has 0 bridgehead atoms. The minimum atomic E-state index is 1.14. The molecule has 150 heavy (non-hydrogen) atoms. The summed E-state index contributed by atoms with van der Waals surface area (Å²) in [4.78, 5) is 0. The van der Waals surface area contributed by atoms with E-state index in [1.54, 1.807) is 0 Å². The molecule has 6 heterocycles. The molecule has 6 heteroatoms. The maximum absolute atomic E-state index is 2.49. The van der Waals surface area contributed by atoms with Crippen LogP contribution in [0.2, 0.25) is 0 Å². The third-order valence-corrected chi connectivity index (χ3v) is 30.4. The van der Waals surface area contributed by atoms with Gasteiger partial charge in [-0.15, -0.1) is 0 Å². The normalized spacial score (nSPS) is 11.6. The molecule has 24 aromatic carbocycles. The monoisotopic (exact) mass is 1910 g/mol. The molecule has 0 unspecified atom stereocenters. The van der Waals surface area contributed by atoms with Gasteiger partial charge in [0, 0.05) is 109 Å². The van der Waals surface area contributed by atoms with E-state index in [1.807, 2.05) is 0 Å². The zero-order valence-electron chi connectivity index (χ0n) is 82.1. The molecule has 0 atom stereocenters. The summed E-state index contributed by atoms with van der Waals surface area (Å²) in [6.07, 6.45) is 0. The fraction of sp³-hybridized carbons (Fsp3) is 0. The van der Waals surface area contributed by atoms with Gasteiger partial charge in [0.05, 0.1) is 88.9 Å². The van der Waals surface area contributed by atoms with Gasteiger partial charge in [-0.1, -0.05) is 467 Å². The quantitative estimate of drug-likeness (QED) is 0.0979. The maximum atomic E-state index is 2.49. The van der Waals surface area contributed by atoms with Crippen molar-refractivity contribution in [2.75, 3.05) is 0 Å². The largest absolute Gasteiger partial charge is 0.309 e. The Labute approximate surface area is 868 Å². The van der Waals surface area contributed by atoms with Crippen LogP contribution in [0.1, 0.15) is 0 Å². The van der Waals surface area contributed by atoms with Gasteiger partial charge < -0.3 is 27.4 Å². The standard InChI is InChI=1S/3C48H32N2/c1-3-16-33(17-4-1)35-30-36(34-18-5-2-6-19-34)32-37(31-35)49-44-26-11-9-22-40(44)42-24-15-25-43(48(42)49)41-23-10-14-29-47(41)50-45-27-12-7-20-38(45)39-21-8-13-28-46(39)50;1-3-16-33(17-4-1)36-31-30-35(32-43(36)34-18-5-2-6-19-34)49-44-26-11-9-22-39(44)41-24-15-25-42(48(41)49)40-23-10-14-29-47(40)50-45-27-12-7-20-37(45)38-21-8-13-28-46(38)50;1-3-16-33(17-4-1)37-24-15-29-46(48(37)34-18-5-2-6-19-34)50-45-28-14-10-23-40(45)41-31-30-35(32-47(41)50)36-20-7-11-25-42(36)49-43-26-12-8-21-38(43)39-22-9-13-27-44(39)49/h3*1-32H. The van der Waals surface area contributed by atoms with E-state index in [0.717, 1.165) is 22.7 Å². The first-order valence-electron chi connectivity index (χ1n) is 51.6. The highest BCUT2D eigenvalue weighted by Gasteiger charge is 2.28. The van der Waals surface area contributed by atoms with Crippen molar-refractivity contribution in [2.45, 2.75) is 0 Å². The SMILES string of the molecule is c1ccc(-c2cc(-c3ccccc3)cc(-n3c4ccccc4c4cccc(-c5ccccc5-n5c6ccccc6c6ccccc65)c43)c2)cc1.c1ccc(-c2ccc(-n3c4ccccc4c4cccc(-c5ccccc5-n5c6ccccc6c6ccccc65)c43)cc2-c2ccccc2)cc1.c1ccc(-c2cccc(-n3c4ccccc4c4ccc(-c5ccccc5-n5c6ccccc6c6ccccc65)cc43)c2-c2ccccc2)cc1. The van der Waals surface area contributed by atoms with Crippen LogP contribution in [0.3, 0.4) is 0 Å². The smallest absolute Gasteiger partial charge is 0.0620 e. The Bertz CT molecular complexity index is 10200. The van der Waals surface area contributed by atoms with Crippen molar-refractivity contribution >= 4 is 131 Å². The summed E-state index contributed by atoms with van der Waals surface area (Å²) < 4.78 is 14.7. The number of rotatable bonds is 15. The molecule has 702 valence electrons. The molecular weight excluding hydrogens is 1810 g/mol. The molecule has 0 aliphatic heterocycles. The van der Waals surface area contributed by atoms with E-state index in [1.165, 1.54) is 242 Å². The van der Waals surface area contributed by atoms with Crippen molar-refractivity contribution in [3.05, 3.63) is 582 Å². The minimum Gasteiger partial charge on any atom is -0.309 e. The molecule has 30 rings (SSSR count). The highest BCUT2D eigenvalue weighted by Crippen LogP contribution is 2.50. The second kappa shape index (κ2) is 37.4. The van der Waals surface area contributed by atoms with Gasteiger partial charge in [0.15, 0.2) is 0 Å². The maximum Gasteiger partial charge on any atom is 0.0620 e. The first-order valence-corrected chi connectivity index (χ1v) is 51.6. The van der Waals surface area contributed by atoms with Crippen molar-refractivity contribution in [3.8, 4) is 134 Å². The van der Waals surface area contributed by atoms with E-state index in [9.17, 15) is 0 Å². The van der Waals surface area contributed by atoms with Gasteiger partial charge in [-0.2, -0.15) is 0 Å². The predicted molar refractivity (Wildman–Crippen MR) is 634 cm³/mol. The molecule has 6 aromatic heterocycles. The molecule has 30 aromatic rings. The van der Waals surface area contributed by atoms with Crippen LogP contribution < -0.4 is 0 Å². The number of hydrogen-bond acceptors (Lipinski definition) is 0. The first-order chi connectivity index (χ1) is 74.5. The number of fused-ring (bicyclic) bond motifs is 18. The van der Waals surface area contributed by atoms with Crippen molar-refractivity contribution in [3.63, 3.8) is 0 Å². The van der Waals surface area contributed by atoms with Gasteiger partial charge in [0.1, 0.15) is 0 Å². The van der Waals surface area contributed by atoms with Gasteiger partial charge in [0.2, 0.25) is 0 Å². The fourth-order valence-corrected chi connectivity index (χ4v) is 23.9. The van der Waals surface area contributed by atoms with Crippen LogP contribution in [0.4, 0.5) is 0 Å². The Morgan fingerprint density at radius 3 is 0.753 bits per heavy atom. The van der Waals surface area contributed by atoms with Crippen molar-refractivity contribution in [1.82, 2.24) is 27.4 Å². The number of aromatic nitrogens is 6. The van der Waals surface area contributed by atoms with E-state index in [0.29, 0.717) is 0 Å². The van der Waals surface area contributed by atoms with Gasteiger partial charge in [-0.05, 0) is 182 Å². The number of hydrogen-bond donors (Lipinski definition) is 0. The second-order valence-electron chi connectivity index (χ2n) is 38.7. The minimum absolute atomic E-state index is 1.14. The van der Waals surface area contributed by atoms with Crippen molar-refractivity contribution in [1.29, 1.82) is 0 Å². The number of nitrogens with zero attached hydrogens (tertiary/aromatic N) is 6. The summed E-state index contributed by atoms with van der Waals surface area (Å²) >= 11 is 0. The van der Waals surface area contributed by atoms with Crippen LogP contribution in [-0.2, 0) is 0 Å². The van der Waals surface area contributed by atoms with Gasteiger partial charge in [0.25, 0.3) is 0 Å². The van der Waals surface area contributed by atoms with Crippen LogP contribution in [-0.4, -0.2) is 27.4 Å². The van der Waals surface area contributed by atoms with Crippen LogP contribution in [0, 0.1) is 0 Å². The Hall–Kier alpha value is -19.9. The molecule has 0 spiro atoms. The van der Waals surface area contributed by atoms with Crippen molar-refractivity contribution < 1.29 is 0 Å². The summed E-state index contributed by atoms with van der Waals surface area (Å²) in [5, 5.41) is 15.0. The third kappa shape index (κ3) is 14.9. The average molecular weight is 1910 g/mol. The van der Waals surface area contributed by atoms with Gasteiger partial charge >= 0.3 is 0 Å². The summed E-state index contributed by atoms with van der Waals surface area (Å²) in [7, 11) is 0. The topological polar surface area (TPSA) is 29.6 Å². The Morgan fingerprint density at radius 2 is 0.360 bits per heavy atom. The molecule has 0 saturated heterocycles. The Kier molecular flexibility index (Phi) is 21.9. The average Bonchev–Trinajstić information content (AvgIpc) is 1.57. The highest BCUT2D eigenvalue weighted by molar-refractivity contribution is 6.19. The van der Waals surface area contributed by atoms with E-state index in [2.05, 4.69) is 610 Å². The molecule has 0 aliphatic rings. The van der Waals surface area contributed by atoms with E-state index < -0.39 is 0 Å². The molecule has 0 fully saturated rings. The lowest BCUT2D eigenvalue weighted by Crippen LogP contribution is -2.00.